The van der Waals surface area contributed by atoms with Crippen LogP contribution in [0.5, 0.6) is 0 Å². The minimum atomic E-state index is -0.721. The molecule has 8 heteroatoms. The molecule has 2 aromatic carbocycles. The van der Waals surface area contributed by atoms with Gasteiger partial charge in [0.15, 0.2) is 11.6 Å². The predicted molar refractivity (Wildman–Crippen MR) is 108 cm³/mol. The van der Waals surface area contributed by atoms with Crippen LogP contribution in [0.1, 0.15) is 28.1 Å². The quantitative estimate of drug-likeness (QED) is 0.608. The van der Waals surface area contributed by atoms with Gasteiger partial charge >= 0.3 is 0 Å². The van der Waals surface area contributed by atoms with Gasteiger partial charge in [0, 0.05) is 41.5 Å². The SMILES string of the molecule is COCc1c(C(=O)Nc2cc(F)c(N3CCCC3)c(F)c2)sc2cccc(F)c12. The molecule has 1 amide bonds. The average molecular weight is 420 g/mol. The van der Waals surface area contributed by atoms with Crippen molar-refractivity contribution in [3.8, 4) is 0 Å². The molecule has 3 aromatic rings. The summed E-state index contributed by atoms with van der Waals surface area (Å²) < 4.78 is 49.1. The number of methoxy groups -OCH3 is 1. The number of hydrogen-bond acceptors (Lipinski definition) is 4. The Labute approximate surface area is 169 Å². The lowest BCUT2D eigenvalue weighted by Crippen LogP contribution is -2.21. The molecule has 152 valence electrons. The molecule has 4 nitrogen and oxygen atoms in total. The lowest BCUT2D eigenvalue weighted by molar-refractivity contribution is 0.102. The molecule has 0 aliphatic carbocycles. The molecular formula is C21H19F3N2O2S. The molecule has 1 aliphatic rings. The zero-order valence-electron chi connectivity index (χ0n) is 15.7. The molecule has 1 aliphatic heterocycles. The largest absolute Gasteiger partial charge is 0.380 e. The van der Waals surface area contributed by atoms with E-state index in [2.05, 4.69) is 5.32 Å². The fourth-order valence-electron chi connectivity index (χ4n) is 3.70. The molecule has 0 radical (unpaired) electrons. The summed E-state index contributed by atoms with van der Waals surface area (Å²) >= 11 is 1.11. The second-order valence-corrected chi connectivity index (χ2v) is 7.94. The molecule has 29 heavy (non-hydrogen) atoms. The van der Waals surface area contributed by atoms with Crippen molar-refractivity contribution in [3.63, 3.8) is 0 Å². The first-order chi connectivity index (χ1) is 14.0. The van der Waals surface area contributed by atoms with E-state index in [0.29, 0.717) is 28.7 Å². The van der Waals surface area contributed by atoms with Gasteiger partial charge in [-0.15, -0.1) is 11.3 Å². The van der Waals surface area contributed by atoms with Gasteiger partial charge in [0.2, 0.25) is 0 Å². The molecule has 0 spiro atoms. The van der Waals surface area contributed by atoms with Crippen molar-refractivity contribution >= 4 is 38.7 Å². The molecule has 1 aromatic heterocycles. The van der Waals surface area contributed by atoms with Crippen LogP contribution in [0.2, 0.25) is 0 Å². The van der Waals surface area contributed by atoms with Gasteiger partial charge in [-0.25, -0.2) is 13.2 Å². The summed E-state index contributed by atoms with van der Waals surface area (Å²) in [4.78, 5) is 14.7. The molecule has 0 saturated carbocycles. The number of ether oxygens (including phenoxy) is 1. The summed E-state index contributed by atoms with van der Waals surface area (Å²) in [6.07, 6.45) is 1.78. The summed E-state index contributed by atoms with van der Waals surface area (Å²) in [5, 5.41) is 2.86. The Morgan fingerprint density at radius 2 is 1.83 bits per heavy atom. The molecule has 1 fully saturated rings. The Hall–Kier alpha value is -2.58. The average Bonchev–Trinajstić information content (AvgIpc) is 3.31. The molecular weight excluding hydrogens is 401 g/mol. The van der Waals surface area contributed by atoms with Gasteiger partial charge in [0.05, 0.1) is 11.5 Å². The number of rotatable bonds is 5. The lowest BCUT2D eigenvalue weighted by atomic mass is 10.1. The van der Waals surface area contributed by atoms with E-state index >= 15 is 0 Å². The standard InChI is InChI=1S/C21H19F3N2O2S/c1-28-11-13-18-14(22)5-4-6-17(18)29-20(13)21(27)25-12-9-15(23)19(16(24)10-12)26-7-2-3-8-26/h4-6,9-10H,2-3,7-8,11H2,1H3,(H,25,27). The van der Waals surface area contributed by atoms with Crippen molar-refractivity contribution in [2.24, 2.45) is 0 Å². The van der Waals surface area contributed by atoms with Crippen LogP contribution in [0.15, 0.2) is 30.3 Å². The summed E-state index contributed by atoms with van der Waals surface area (Å²) in [7, 11) is 1.45. The third kappa shape index (κ3) is 3.70. The van der Waals surface area contributed by atoms with Gasteiger partial charge < -0.3 is 15.0 Å². The Morgan fingerprint density at radius 1 is 1.14 bits per heavy atom. The molecule has 4 rings (SSSR count). The number of halogens is 3. The zero-order chi connectivity index (χ0) is 20.5. The van der Waals surface area contributed by atoms with E-state index in [0.717, 1.165) is 36.3 Å². The minimum Gasteiger partial charge on any atom is -0.380 e. The van der Waals surface area contributed by atoms with Crippen molar-refractivity contribution in [2.45, 2.75) is 19.4 Å². The number of fused-ring (bicyclic) bond motifs is 1. The minimum absolute atomic E-state index is 0.00856. The summed E-state index contributed by atoms with van der Waals surface area (Å²) in [5.41, 5.74) is 0.358. The first-order valence-electron chi connectivity index (χ1n) is 9.23. The van der Waals surface area contributed by atoms with Crippen LogP contribution in [0.4, 0.5) is 24.5 Å². The van der Waals surface area contributed by atoms with Crippen LogP contribution >= 0.6 is 11.3 Å². The fraction of sp³-hybridized carbons (Fsp3) is 0.286. The maximum absolute atomic E-state index is 14.5. The van der Waals surface area contributed by atoms with Gasteiger partial charge in [-0.05, 0) is 37.1 Å². The number of benzene rings is 2. The number of nitrogens with zero attached hydrogens (tertiary/aromatic N) is 1. The smallest absolute Gasteiger partial charge is 0.266 e. The van der Waals surface area contributed by atoms with E-state index < -0.39 is 23.4 Å². The van der Waals surface area contributed by atoms with Crippen LogP contribution in [0.25, 0.3) is 10.1 Å². The highest BCUT2D eigenvalue weighted by Gasteiger charge is 2.24. The molecule has 0 unspecified atom stereocenters. The normalized spacial score (nSPS) is 14.0. The van der Waals surface area contributed by atoms with Crippen molar-refractivity contribution in [1.29, 1.82) is 0 Å². The van der Waals surface area contributed by atoms with Gasteiger partial charge in [0.25, 0.3) is 5.91 Å². The fourth-order valence-corrected chi connectivity index (χ4v) is 4.82. The van der Waals surface area contributed by atoms with E-state index in [1.54, 1.807) is 17.0 Å². The van der Waals surface area contributed by atoms with Crippen molar-refractivity contribution < 1.29 is 22.7 Å². The van der Waals surface area contributed by atoms with Crippen molar-refractivity contribution in [1.82, 2.24) is 0 Å². The van der Waals surface area contributed by atoms with Crippen LogP contribution < -0.4 is 10.2 Å². The van der Waals surface area contributed by atoms with E-state index in [-0.39, 0.29) is 22.9 Å². The number of carbonyl (C=O) groups is 1. The third-order valence-electron chi connectivity index (χ3n) is 4.96. The second-order valence-electron chi connectivity index (χ2n) is 6.89. The maximum Gasteiger partial charge on any atom is 0.266 e. The van der Waals surface area contributed by atoms with Crippen LogP contribution in [-0.2, 0) is 11.3 Å². The summed E-state index contributed by atoms with van der Waals surface area (Å²) in [6, 6.07) is 6.81. The number of thiophene rings is 1. The molecule has 1 N–H and O–H groups in total. The summed E-state index contributed by atoms with van der Waals surface area (Å²) in [6.45, 7) is 1.25. The van der Waals surface area contributed by atoms with E-state index in [4.69, 9.17) is 4.74 Å². The second kappa shape index (κ2) is 8.04. The van der Waals surface area contributed by atoms with E-state index in [9.17, 15) is 18.0 Å². The Morgan fingerprint density at radius 3 is 2.48 bits per heavy atom. The van der Waals surface area contributed by atoms with Gasteiger partial charge in [-0.3, -0.25) is 4.79 Å². The highest BCUT2D eigenvalue weighted by atomic mass is 32.1. The van der Waals surface area contributed by atoms with Gasteiger partial charge in [0.1, 0.15) is 11.5 Å². The van der Waals surface area contributed by atoms with Crippen molar-refractivity contribution in [3.05, 3.63) is 58.2 Å². The van der Waals surface area contributed by atoms with E-state index in [1.165, 1.54) is 13.2 Å². The Kier molecular flexibility index (Phi) is 5.47. The van der Waals surface area contributed by atoms with Gasteiger partial charge in [-0.2, -0.15) is 0 Å². The topological polar surface area (TPSA) is 41.6 Å². The first-order valence-corrected chi connectivity index (χ1v) is 10.1. The molecule has 1 saturated heterocycles. The van der Waals surface area contributed by atoms with E-state index in [1.807, 2.05) is 0 Å². The number of nitrogens with one attached hydrogen (secondary N) is 1. The number of anilines is 2. The Balaban J connectivity index is 1.66. The molecule has 2 heterocycles. The summed E-state index contributed by atoms with van der Waals surface area (Å²) in [5.74, 6) is -2.45. The van der Waals surface area contributed by atoms with Crippen LogP contribution in [-0.4, -0.2) is 26.1 Å². The molecule has 0 atom stereocenters. The van der Waals surface area contributed by atoms with Crippen LogP contribution in [0, 0.1) is 17.5 Å². The number of amides is 1. The molecule has 0 bridgehead atoms. The maximum atomic E-state index is 14.5. The number of carbonyl (C=O) groups excluding carboxylic acids is 1. The van der Waals surface area contributed by atoms with Gasteiger partial charge in [-0.1, -0.05) is 6.07 Å². The number of hydrogen-bond donors (Lipinski definition) is 1. The lowest BCUT2D eigenvalue weighted by Gasteiger charge is -2.19. The zero-order valence-corrected chi connectivity index (χ0v) is 16.5. The third-order valence-corrected chi connectivity index (χ3v) is 6.15. The monoisotopic (exact) mass is 420 g/mol. The first kappa shape index (κ1) is 19.7. The predicted octanol–water partition coefficient (Wildman–Crippen LogP) is 5.32. The highest BCUT2D eigenvalue weighted by Crippen LogP contribution is 2.35. The van der Waals surface area contributed by atoms with Crippen molar-refractivity contribution in [2.75, 3.05) is 30.4 Å². The highest BCUT2D eigenvalue weighted by molar-refractivity contribution is 7.21. The van der Waals surface area contributed by atoms with Crippen LogP contribution in [0.3, 0.4) is 0 Å². The Bertz CT molecular complexity index is 1050.